The minimum Gasteiger partial charge on any atom is -0.438 e. The van der Waals surface area contributed by atoms with Crippen LogP contribution in [0.3, 0.4) is 0 Å². The van der Waals surface area contributed by atoms with Crippen LogP contribution in [0, 0.1) is 5.92 Å². The van der Waals surface area contributed by atoms with Gasteiger partial charge in [0.15, 0.2) is 0 Å². The van der Waals surface area contributed by atoms with Crippen molar-refractivity contribution in [3.8, 4) is 0 Å². The van der Waals surface area contributed by atoms with Crippen LogP contribution < -0.4 is 0 Å². The van der Waals surface area contributed by atoms with Gasteiger partial charge in [0.2, 0.25) is 0 Å². The molecule has 2 aromatic carbocycles. The van der Waals surface area contributed by atoms with Crippen molar-refractivity contribution in [2.75, 3.05) is 5.75 Å². The molecule has 33 heavy (non-hydrogen) atoms. The molecule has 0 heterocycles. The van der Waals surface area contributed by atoms with Gasteiger partial charge < -0.3 is 4.74 Å². The number of esters is 1. The molecule has 3 aliphatic carbocycles. The monoisotopic (exact) mass is 494 g/mol. The average molecular weight is 494 g/mol. The Kier molecular flexibility index (Phi) is 5.32. The molecule has 0 spiro atoms. The van der Waals surface area contributed by atoms with E-state index in [1.807, 2.05) is 0 Å². The molecule has 0 saturated carbocycles. The minimum absolute atomic E-state index is 0.116. The Morgan fingerprint density at radius 3 is 1.70 bits per heavy atom. The molecular formula is C21H16F6O5S. The number of carbonyl (C=O) groups is 1. The van der Waals surface area contributed by atoms with E-state index in [1.54, 1.807) is 48.5 Å². The van der Waals surface area contributed by atoms with Gasteiger partial charge in [0.05, 0.1) is 5.92 Å². The molecule has 1 N–H and O–H groups in total. The maximum atomic E-state index is 13.6. The van der Waals surface area contributed by atoms with Crippen molar-refractivity contribution in [2.45, 2.75) is 36.2 Å². The molecule has 3 aliphatic rings. The van der Waals surface area contributed by atoms with Gasteiger partial charge in [0.1, 0.15) is 5.75 Å². The van der Waals surface area contributed by atoms with Crippen molar-refractivity contribution >= 4 is 16.1 Å². The molecule has 5 rings (SSSR count). The van der Waals surface area contributed by atoms with Gasteiger partial charge in [-0.25, -0.2) is 0 Å². The van der Waals surface area contributed by atoms with E-state index in [4.69, 9.17) is 4.55 Å². The van der Waals surface area contributed by atoms with Gasteiger partial charge >= 0.3 is 23.9 Å². The molecule has 0 fully saturated rings. The predicted molar refractivity (Wildman–Crippen MR) is 102 cm³/mol. The van der Waals surface area contributed by atoms with Crippen LogP contribution in [0.2, 0.25) is 0 Å². The number of halogens is 6. The summed E-state index contributed by atoms with van der Waals surface area (Å²) >= 11 is 0. The summed E-state index contributed by atoms with van der Waals surface area (Å²) in [7, 11) is -5.85. The van der Waals surface area contributed by atoms with Crippen LogP contribution in [0.25, 0.3) is 0 Å². The normalized spacial score (nSPS) is 22.5. The number of hydrogen-bond acceptors (Lipinski definition) is 4. The Hall–Kier alpha value is -2.60. The van der Waals surface area contributed by atoms with Crippen LogP contribution in [-0.4, -0.2) is 42.6 Å². The van der Waals surface area contributed by atoms with Crippen molar-refractivity contribution in [3.05, 3.63) is 70.8 Å². The fourth-order valence-electron chi connectivity index (χ4n) is 4.84. The lowest BCUT2D eigenvalue weighted by Gasteiger charge is -2.45. The first kappa shape index (κ1) is 23.6. The summed E-state index contributed by atoms with van der Waals surface area (Å²) in [6.45, 7) is 0. The lowest BCUT2D eigenvalue weighted by molar-refractivity contribution is -0.362. The van der Waals surface area contributed by atoms with E-state index in [9.17, 15) is 39.6 Å². The van der Waals surface area contributed by atoms with E-state index >= 15 is 0 Å². The summed E-state index contributed by atoms with van der Waals surface area (Å²) in [5.41, 5.74) is -2.65. The minimum atomic E-state index is -6.36. The molecule has 1 atom stereocenters. The highest BCUT2D eigenvalue weighted by atomic mass is 32.2. The van der Waals surface area contributed by atoms with Crippen LogP contribution in [0.1, 0.15) is 40.5 Å². The first-order valence-electron chi connectivity index (χ1n) is 9.65. The maximum Gasteiger partial charge on any atom is 0.438 e. The average Bonchev–Trinajstić information content (AvgIpc) is 2.70. The van der Waals surface area contributed by atoms with E-state index in [-0.39, 0.29) is 6.42 Å². The molecule has 0 aromatic heterocycles. The summed E-state index contributed by atoms with van der Waals surface area (Å²) in [4.78, 5) is 12.9. The van der Waals surface area contributed by atoms with Crippen LogP contribution in [0.4, 0.5) is 26.3 Å². The molecule has 12 heteroatoms. The van der Waals surface area contributed by atoms with Crippen LogP contribution in [0.15, 0.2) is 48.5 Å². The van der Waals surface area contributed by atoms with Gasteiger partial charge in [-0.05, 0) is 28.7 Å². The van der Waals surface area contributed by atoms with Gasteiger partial charge in [0, 0.05) is 11.8 Å². The van der Waals surface area contributed by atoms with E-state index in [2.05, 4.69) is 4.74 Å². The predicted octanol–water partition coefficient (Wildman–Crippen LogP) is 4.58. The fraction of sp³-hybridized carbons (Fsp3) is 0.381. The number of hydrogen-bond donors (Lipinski definition) is 1. The largest absolute Gasteiger partial charge is 0.438 e. The number of alkyl halides is 6. The Bertz CT molecular complexity index is 1140. The summed E-state index contributed by atoms with van der Waals surface area (Å²) in [5, 5.41) is 0. The zero-order valence-corrected chi connectivity index (χ0v) is 17.3. The highest BCUT2D eigenvalue weighted by Crippen LogP contribution is 2.56. The lowest BCUT2D eigenvalue weighted by atomic mass is 9.59. The van der Waals surface area contributed by atoms with E-state index in [0.29, 0.717) is 11.1 Å². The zero-order chi connectivity index (χ0) is 24.4. The Morgan fingerprint density at radius 1 is 0.879 bits per heavy atom. The SMILES string of the molecule is O=C(OC(CS(=O)(=O)O)(C(F)(F)F)C(F)(F)F)C1CC2c3ccccc3C1c1ccccc12. The second-order valence-electron chi connectivity index (χ2n) is 8.10. The van der Waals surface area contributed by atoms with E-state index in [1.165, 1.54) is 0 Å². The first-order valence-corrected chi connectivity index (χ1v) is 11.3. The molecule has 2 aromatic rings. The summed E-state index contributed by atoms with van der Waals surface area (Å²) in [5.74, 6) is -7.50. The van der Waals surface area contributed by atoms with Crippen LogP contribution >= 0.6 is 0 Å². The van der Waals surface area contributed by atoms with Gasteiger partial charge in [-0.15, -0.1) is 0 Å². The zero-order valence-electron chi connectivity index (χ0n) is 16.5. The number of ether oxygens (including phenoxy) is 1. The topological polar surface area (TPSA) is 80.7 Å². The quantitative estimate of drug-likeness (QED) is 0.383. The third kappa shape index (κ3) is 3.78. The molecule has 0 radical (unpaired) electrons. The molecule has 2 bridgehead atoms. The first-order chi connectivity index (χ1) is 15.2. The van der Waals surface area contributed by atoms with Gasteiger partial charge in [0.25, 0.3) is 10.1 Å². The van der Waals surface area contributed by atoms with Crippen molar-refractivity contribution in [3.63, 3.8) is 0 Å². The molecule has 0 saturated heterocycles. The Morgan fingerprint density at radius 2 is 1.30 bits per heavy atom. The second-order valence-corrected chi connectivity index (χ2v) is 9.55. The van der Waals surface area contributed by atoms with E-state index in [0.717, 1.165) is 11.1 Å². The standard InChI is InChI=1S/C21H16F6O5S/c22-20(23,24)19(21(25,26)27,10-33(29,30)31)32-18(28)16-9-15-11-5-1-3-7-13(11)17(16)14-8-4-2-6-12(14)15/h1-8,15-17H,9-10H2,(H,29,30,31). The molecular weight excluding hydrogens is 478 g/mol. The van der Waals surface area contributed by atoms with Crippen molar-refractivity contribution < 1.29 is 48.8 Å². The van der Waals surface area contributed by atoms with Crippen molar-refractivity contribution in [2.24, 2.45) is 5.92 Å². The number of benzene rings is 2. The molecule has 0 amide bonds. The summed E-state index contributed by atoms with van der Waals surface area (Å²) in [6.07, 6.45) is -12.8. The fourth-order valence-corrected chi connectivity index (χ4v) is 5.74. The van der Waals surface area contributed by atoms with Gasteiger partial charge in [-0.2, -0.15) is 34.8 Å². The third-order valence-electron chi connectivity index (χ3n) is 6.18. The van der Waals surface area contributed by atoms with Crippen LogP contribution in [-0.2, 0) is 19.6 Å². The highest BCUT2D eigenvalue weighted by Gasteiger charge is 2.76. The van der Waals surface area contributed by atoms with Crippen molar-refractivity contribution in [1.29, 1.82) is 0 Å². The number of rotatable bonds is 4. The lowest BCUT2D eigenvalue weighted by Crippen LogP contribution is -2.64. The van der Waals surface area contributed by atoms with Gasteiger partial charge in [-0.1, -0.05) is 48.5 Å². The Balaban J connectivity index is 1.80. The second kappa shape index (κ2) is 7.45. The molecule has 1 unspecified atom stereocenters. The number of carbonyl (C=O) groups excluding carboxylic acids is 1. The highest BCUT2D eigenvalue weighted by molar-refractivity contribution is 7.85. The van der Waals surface area contributed by atoms with Crippen molar-refractivity contribution in [1.82, 2.24) is 0 Å². The summed E-state index contributed by atoms with van der Waals surface area (Å²) in [6, 6.07) is 13.6. The van der Waals surface area contributed by atoms with E-state index < -0.39 is 57.5 Å². The van der Waals surface area contributed by atoms with Crippen LogP contribution in [0.5, 0.6) is 0 Å². The molecule has 0 aliphatic heterocycles. The number of fused-ring (bicyclic) bond motifs is 1. The third-order valence-corrected chi connectivity index (χ3v) is 6.96. The maximum absolute atomic E-state index is 13.6. The summed E-state index contributed by atoms with van der Waals surface area (Å²) < 4.78 is 117. The Labute approximate surface area is 184 Å². The molecule has 5 nitrogen and oxygen atoms in total. The molecule has 178 valence electrons. The van der Waals surface area contributed by atoms with Gasteiger partial charge in [-0.3, -0.25) is 9.35 Å². The smallest absolute Gasteiger partial charge is 0.438 e.